The first-order valence-electron chi connectivity index (χ1n) is 6.88. The molecule has 15 heteroatoms. The Labute approximate surface area is 168 Å². The Kier molecular flexibility index (Phi) is 64.9. The Morgan fingerprint density at radius 3 is 0.519 bits per heavy atom. The van der Waals surface area contributed by atoms with Gasteiger partial charge in [-0.1, -0.05) is 27.7 Å². The topological polar surface area (TPSA) is 95.2 Å². The van der Waals surface area contributed by atoms with Crippen molar-refractivity contribution in [3.63, 3.8) is 0 Å². The van der Waals surface area contributed by atoms with E-state index < -0.39 is 14.5 Å². The van der Waals surface area contributed by atoms with Gasteiger partial charge in [0.2, 0.25) is 0 Å². The summed E-state index contributed by atoms with van der Waals surface area (Å²) in [6.45, 7) is 7.28. The van der Waals surface area contributed by atoms with Crippen LogP contribution in [0, 0.1) is 45.3 Å². The van der Waals surface area contributed by atoms with E-state index in [2.05, 4.69) is 0 Å². The van der Waals surface area contributed by atoms with Crippen LogP contribution >= 0.6 is 0 Å². The van der Waals surface area contributed by atoms with Gasteiger partial charge in [0.15, 0.2) is 0 Å². The van der Waals surface area contributed by atoms with Gasteiger partial charge in [-0.2, -0.15) is 21.0 Å². The third-order valence-electron chi connectivity index (χ3n) is 0.632. The van der Waals surface area contributed by atoms with Gasteiger partial charge in [-0.05, 0) is 0 Å². The number of hydrogen-bond donors (Lipinski definition) is 0. The molecule has 0 aliphatic carbocycles. The third-order valence-corrected chi connectivity index (χ3v) is 0.632. The first-order valence-corrected chi connectivity index (χ1v) is 6.88. The van der Waals surface area contributed by atoms with E-state index in [-0.39, 0.29) is 20.4 Å². The molecule has 0 rings (SSSR count). The average molecular weight is 500 g/mol. The number of rotatable bonds is 0. The molecule has 27 heavy (non-hydrogen) atoms. The van der Waals surface area contributed by atoms with Crippen LogP contribution in [0.3, 0.4) is 0 Å². The molecule has 0 fully saturated rings. The van der Waals surface area contributed by atoms with E-state index in [4.69, 9.17) is 21.0 Å². The second-order valence-corrected chi connectivity index (χ2v) is 3.04. The maximum Gasteiger partial charge on any atom is 2.00 e. The molecule has 0 heterocycles. The van der Waals surface area contributed by atoms with Crippen molar-refractivity contribution in [2.45, 2.75) is 53.4 Å². The zero-order valence-corrected chi connectivity index (χ0v) is 16.7. The fourth-order valence-electron chi connectivity index (χ4n) is 0. The predicted molar refractivity (Wildman–Crippen MR) is 84.0 cm³/mol. The summed E-state index contributed by atoms with van der Waals surface area (Å²) in [4.78, 5) is 0. The van der Waals surface area contributed by atoms with Gasteiger partial charge in [0.05, 0.1) is 24.3 Å². The number of nitriles is 4. The number of nitrogens with zero attached hydrogens (tertiary/aromatic N) is 4. The molecule has 0 amide bonds. The molecule has 0 saturated carbocycles. The molecular formula is C12H20B2F8N4Pd. The normalized spacial score (nSPS) is 7.41. The van der Waals surface area contributed by atoms with Gasteiger partial charge in [0, 0.05) is 25.7 Å². The third kappa shape index (κ3) is 2480. The van der Waals surface area contributed by atoms with Crippen LogP contribution in [0.2, 0.25) is 0 Å². The van der Waals surface area contributed by atoms with E-state index >= 15 is 0 Å². The van der Waals surface area contributed by atoms with Crippen LogP contribution in [0.15, 0.2) is 0 Å². The molecule has 160 valence electrons. The largest absolute Gasteiger partial charge is 2.00 e. The molecule has 0 aromatic heterocycles. The van der Waals surface area contributed by atoms with Crippen LogP contribution < -0.4 is 0 Å². The molecular weight excluding hydrogens is 480 g/mol. The summed E-state index contributed by atoms with van der Waals surface area (Å²) in [6, 6.07) is 7.72. The summed E-state index contributed by atoms with van der Waals surface area (Å²) >= 11 is 0. The molecule has 0 bridgehead atoms. The van der Waals surface area contributed by atoms with Crippen LogP contribution in [0.5, 0.6) is 0 Å². The minimum absolute atomic E-state index is 0. The number of hydrogen-bond acceptors (Lipinski definition) is 4. The monoisotopic (exact) mass is 500 g/mol. The van der Waals surface area contributed by atoms with Crippen LogP contribution in [0.1, 0.15) is 53.4 Å². The minimum Gasteiger partial charge on any atom is -0.418 e. The molecule has 0 N–H and O–H groups in total. The maximum absolute atomic E-state index is 9.75. The first-order chi connectivity index (χ1) is 11.7. The van der Waals surface area contributed by atoms with Crippen molar-refractivity contribution in [2.75, 3.05) is 0 Å². The Balaban J connectivity index is -0.0000000354. The molecule has 0 radical (unpaired) electrons. The van der Waals surface area contributed by atoms with E-state index in [1.807, 2.05) is 52.0 Å². The molecule has 0 aliphatic heterocycles. The number of halogens is 8. The summed E-state index contributed by atoms with van der Waals surface area (Å²) in [5, 5.41) is 30.5. The summed E-state index contributed by atoms with van der Waals surface area (Å²) in [5.74, 6) is 0. The molecule has 0 atom stereocenters. The zero-order chi connectivity index (χ0) is 22.7. The van der Waals surface area contributed by atoms with E-state index in [9.17, 15) is 34.5 Å². The molecule has 0 unspecified atom stereocenters. The van der Waals surface area contributed by atoms with Crippen molar-refractivity contribution in [1.29, 1.82) is 21.0 Å². The van der Waals surface area contributed by atoms with Gasteiger partial charge in [-0.25, -0.2) is 0 Å². The molecule has 0 aromatic carbocycles. The molecule has 0 aromatic rings. The summed E-state index contributed by atoms with van der Waals surface area (Å²) in [5.41, 5.74) is 0. The van der Waals surface area contributed by atoms with Crippen molar-refractivity contribution in [3.8, 4) is 24.3 Å². The Morgan fingerprint density at radius 1 is 0.481 bits per heavy atom. The maximum atomic E-state index is 9.75. The predicted octanol–water partition coefficient (Wildman–Crippen LogP) is 6.28. The van der Waals surface area contributed by atoms with Crippen molar-refractivity contribution in [1.82, 2.24) is 0 Å². The summed E-state index contributed by atoms with van der Waals surface area (Å²) in [6.07, 6.45) is 2.50. The van der Waals surface area contributed by atoms with E-state index in [1.54, 1.807) is 0 Å². The zero-order valence-electron chi connectivity index (χ0n) is 15.1. The van der Waals surface area contributed by atoms with Crippen molar-refractivity contribution in [2.24, 2.45) is 0 Å². The second kappa shape index (κ2) is 39.3. The van der Waals surface area contributed by atoms with Crippen LogP contribution in [-0.4, -0.2) is 14.5 Å². The second-order valence-electron chi connectivity index (χ2n) is 3.04. The van der Waals surface area contributed by atoms with Gasteiger partial charge in [-0.3, -0.25) is 0 Å². The van der Waals surface area contributed by atoms with Crippen LogP contribution in [-0.2, 0) is 20.4 Å². The van der Waals surface area contributed by atoms with E-state index in [0.29, 0.717) is 25.7 Å². The van der Waals surface area contributed by atoms with Gasteiger partial charge >= 0.3 is 34.9 Å². The van der Waals surface area contributed by atoms with Crippen molar-refractivity contribution < 1.29 is 54.9 Å². The fraction of sp³-hybridized carbons (Fsp3) is 0.667. The van der Waals surface area contributed by atoms with Gasteiger partial charge < -0.3 is 34.5 Å². The molecule has 0 spiro atoms. The van der Waals surface area contributed by atoms with Crippen molar-refractivity contribution >= 4 is 14.5 Å². The molecule has 4 nitrogen and oxygen atoms in total. The molecule has 0 aliphatic rings. The average Bonchev–Trinajstić information content (AvgIpc) is 2.52. The van der Waals surface area contributed by atoms with Gasteiger partial charge in [0.25, 0.3) is 0 Å². The van der Waals surface area contributed by atoms with Crippen LogP contribution in [0.25, 0.3) is 0 Å². The van der Waals surface area contributed by atoms with Crippen LogP contribution in [0.4, 0.5) is 34.5 Å². The van der Waals surface area contributed by atoms with E-state index in [1.165, 1.54) is 0 Å². The smallest absolute Gasteiger partial charge is 0.418 e. The summed E-state index contributed by atoms with van der Waals surface area (Å²) in [7, 11) is -12.0. The Hall–Kier alpha value is -1.81. The Morgan fingerprint density at radius 2 is 0.519 bits per heavy atom. The fourth-order valence-corrected chi connectivity index (χ4v) is 0. The standard InChI is InChI=1S/4C3H5N.2BF4.Pd/c4*1-2-3-4;2*2-1(3,4)5;/h4*2H2,1H3;;;/q;;;;2*-1;+2. The SMILES string of the molecule is CCC#N.CCC#N.CCC#N.CCC#N.F[B-](F)(F)F.F[B-](F)(F)F.[Pd+2]. The van der Waals surface area contributed by atoms with Gasteiger partial charge in [0.1, 0.15) is 0 Å². The quantitative estimate of drug-likeness (QED) is 0.289. The van der Waals surface area contributed by atoms with Crippen molar-refractivity contribution in [3.05, 3.63) is 0 Å². The van der Waals surface area contributed by atoms with E-state index in [0.717, 1.165) is 0 Å². The summed E-state index contributed by atoms with van der Waals surface area (Å²) < 4.78 is 78.0. The minimum atomic E-state index is -6.00. The first kappa shape index (κ1) is 44.5. The Bertz CT molecular complexity index is 340. The van der Waals surface area contributed by atoms with Gasteiger partial charge in [-0.15, -0.1) is 0 Å². The molecule has 0 saturated heterocycles.